The predicted molar refractivity (Wildman–Crippen MR) is 51.7 cm³/mol. The minimum absolute atomic E-state index is 0.888. The second kappa shape index (κ2) is 3.20. The second-order valence-electron chi connectivity index (χ2n) is 3.58. The van der Waals surface area contributed by atoms with Crippen molar-refractivity contribution in [2.24, 2.45) is 0 Å². The molecular formula is C9H14N4. The average Bonchev–Trinajstić information content (AvgIpc) is 2.51. The lowest BCUT2D eigenvalue weighted by molar-refractivity contribution is 0.699. The van der Waals surface area contributed by atoms with E-state index in [0.717, 1.165) is 43.0 Å². The number of rotatable bonds is 2. The number of nitrogens with one attached hydrogen (secondary N) is 1. The molecule has 4 heteroatoms. The molecule has 2 heterocycles. The first kappa shape index (κ1) is 8.29. The molecule has 13 heavy (non-hydrogen) atoms. The van der Waals surface area contributed by atoms with Crippen molar-refractivity contribution >= 4 is 5.82 Å². The fourth-order valence-electron chi connectivity index (χ4n) is 1.69. The molecule has 0 atom stereocenters. The van der Waals surface area contributed by atoms with E-state index in [1.165, 1.54) is 0 Å². The molecule has 2 rings (SSSR count). The number of hydrogen-bond acceptors (Lipinski definition) is 3. The van der Waals surface area contributed by atoms with E-state index in [4.69, 9.17) is 0 Å². The zero-order chi connectivity index (χ0) is 9.26. The van der Waals surface area contributed by atoms with Crippen molar-refractivity contribution in [3.63, 3.8) is 0 Å². The van der Waals surface area contributed by atoms with Crippen molar-refractivity contribution < 1.29 is 0 Å². The van der Waals surface area contributed by atoms with E-state index in [2.05, 4.69) is 26.9 Å². The molecule has 1 aromatic rings. The van der Waals surface area contributed by atoms with Gasteiger partial charge in [0.1, 0.15) is 5.69 Å². The SMILES string of the molecule is C=C(C)CN1CCCc2n[nH]nc21. The first-order chi connectivity index (χ1) is 6.27. The molecule has 0 saturated carbocycles. The van der Waals surface area contributed by atoms with Crippen molar-refractivity contribution in [2.45, 2.75) is 19.8 Å². The van der Waals surface area contributed by atoms with Crippen LogP contribution in [0.25, 0.3) is 0 Å². The fourth-order valence-corrected chi connectivity index (χ4v) is 1.69. The van der Waals surface area contributed by atoms with Gasteiger partial charge in [0.2, 0.25) is 0 Å². The molecular weight excluding hydrogens is 164 g/mol. The molecule has 0 aliphatic carbocycles. The van der Waals surface area contributed by atoms with E-state index >= 15 is 0 Å². The summed E-state index contributed by atoms with van der Waals surface area (Å²) in [7, 11) is 0. The number of fused-ring (bicyclic) bond motifs is 1. The van der Waals surface area contributed by atoms with Crippen molar-refractivity contribution in [1.29, 1.82) is 0 Å². The number of aryl methyl sites for hydroxylation is 1. The Hall–Kier alpha value is -1.32. The van der Waals surface area contributed by atoms with E-state index in [-0.39, 0.29) is 0 Å². The van der Waals surface area contributed by atoms with E-state index < -0.39 is 0 Å². The summed E-state index contributed by atoms with van der Waals surface area (Å²) >= 11 is 0. The van der Waals surface area contributed by atoms with E-state index in [1.807, 2.05) is 6.92 Å². The Balaban J connectivity index is 2.20. The molecule has 0 radical (unpaired) electrons. The Morgan fingerprint density at radius 2 is 2.46 bits per heavy atom. The molecule has 0 unspecified atom stereocenters. The van der Waals surface area contributed by atoms with Crippen LogP contribution in [0, 0.1) is 0 Å². The molecule has 4 nitrogen and oxygen atoms in total. The predicted octanol–water partition coefficient (Wildman–Crippen LogP) is 1.13. The lowest BCUT2D eigenvalue weighted by atomic mass is 10.1. The number of H-pyrrole nitrogens is 1. The van der Waals surface area contributed by atoms with Gasteiger partial charge in [-0.1, -0.05) is 12.2 Å². The molecule has 0 saturated heterocycles. The Kier molecular flexibility index (Phi) is 2.04. The Labute approximate surface area is 77.6 Å². The average molecular weight is 178 g/mol. The van der Waals surface area contributed by atoms with Gasteiger partial charge < -0.3 is 4.90 Å². The van der Waals surface area contributed by atoms with Crippen LogP contribution in [0.3, 0.4) is 0 Å². The third-order valence-corrected chi connectivity index (χ3v) is 2.20. The number of anilines is 1. The van der Waals surface area contributed by atoms with Gasteiger partial charge in [-0.05, 0) is 19.8 Å². The van der Waals surface area contributed by atoms with Gasteiger partial charge in [-0.25, -0.2) is 0 Å². The van der Waals surface area contributed by atoms with Crippen LogP contribution in [0.1, 0.15) is 19.0 Å². The molecule has 0 spiro atoms. The number of hydrogen-bond donors (Lipinski definition) is 1. The maximum atomic E-state index is 4.14. The zero-order valence-corrected chi connectivity index (χ0v) is 7.88. The molecule has 1 aliphatic heterocycles. The Morgan fingerprint density at radius 1 is 1.62 bits per heavy atom. The quantitative estimate of drug-likeness (QED) is 0.690. The maximum Gasteiger partial charge on any atom is 0.174 e. The highest BCUT2D eigenvalue weighted by molar-refractivity contribution is 5.45. The molecule has 1 N–H and O–H groups in total. The first-order valence-electron chi connectivity index (χ1n) is 4.56. The van der Waals surface area contributed by atoms with Crippen LogP contribution in [-0.4, -0.2) is 28.5 Å². The lowest BCUT2D eigenvalue weighted by Crippen LogP contribution is -2.30. The van der Waals surface area contributed by atoms with Crippen molar-refractivity contribution in [3.05, 3.63) is 17.8 Å². The minimum atomic E-state index is 0.888. The Morgan fingerprint density at radius 3 is 3.23 bits per heavy atom. The highest BCUT2D eigenvalue weighted by Crippen LogP contribution is 2.22. The summed E-state index contributed by atoms with van der Waals surface area (Å²) in [6.07, 6.45) is 2.20. The van der Waals surface area contributed by atoms with E-state index in [1.54, 1.807) is 0 Å². The fraction of sp³-hybridized carbons (Fsp3) is 0.556. The summed E-state index contributed by atoms with van der Waals surface area (Å²) < 4.78 is 0. The van der Waals surface area contributed by atoms with Crippen LogP contribution in [-0.2, 0) is 6.42 Å². The van der Waals surface area contributed by atoms with Crippen LogP contribution in [0.4, 0.5) is 5.82 Å². The third kappa shape index (κ3) is 1.56. The normalized spacial score (nSPS) is 15.6. The summed E-state index contributed by atoms with van der Waals surface area (Å²) in [5, 5.41) is 10.9. The van der Waals surface area contributed by atoms with Gasteiger partial charge in [0, 0.05) is 13.1 Å². The topological polar surface area (TPSA) is 44.8 Å². The van der Waals surface area contributed by atoms with Gasteiger partial charge in [-0.3, -0.25) is 0 Å². The highest BCUT2D eigenvalue weighted by atomic mass is 15.4. The van der Waals surface area contributed by atoms with Gasteiger partial charge in [0.25, 0.3) is 0 Å². The Bertz CT molecular complexity index is 315. The molecule has 0 bridgehead atoms. The van der Waals surface area contributed by atoms with Crippen molar-refractivity contribution in [3.8, 4) is 0 Å². The standard InChI is InChI=1S/C9H14N4/c1-7(2)6-13-5-3-4-8-9(13)11-12-10-8/h1,3-6H2,2H3,(H,10,11,12). The summed E-state index contributed by atoms with van der Waals surface area (Å²) in [6.45, 7) is 7.89. The highest BCUT2D eigenvalue weighted by Gasteiger charge is 2.19. The molecule has 0 amide bonds. The van der Waals surface area contributed by atoms with Gasteiger partial charge in [0.05, 0.1) is 0 Å². The summed E-state index contributed by atoms with van der Waals surface area (Å²) in [4.78, 5) is 2.23. The monoisotopic (exact) mass is 178 g/mol. The van der Waals surface area contributed by atoms with E-state index in [9.17, 15) is 0 Å². The van der Waals surface area contributed by atoms with Gasteiger partial charge in [-0.2, -0.15) is 10.3 Å². The van der Waals surface area contributed by atoms with Crippen LogP contribution < -0.4 is 4.90 Å². The molecule has 0 aromatic carbocycles. The molecule has 1 aliphatic rings. The number of aromatic amines is 1. The van der Waals surface area contributed by atoms with Crippen LogP contribution in [0.5, 0.6) is 0 Å². The molecule has 70 valence electrons. The van der Waals surface area contributed by atoms with Crippen LogP contribution in [0.2, 0.25) is 0 Å². The largest absolute Gasteiger partial charge is 0.350 e. The van der Waals surface area contributed by atoms with Gasteiger partial charge >= 0.3 is 0 Å². The minimum Gasteiger partial charge on any atom is -0.350 e. The van der Waals surface area contributed by atoms with Crippen LogP contribution >= 0.6 is 0 Å². The maximum absolute atomic E-state index is 4.14. The summed E-state index contributed by atoms with van der Waals surface area (Å²) in [6, 6.07) is 0. The summed E-state index contributed by atoms with van der Waals surface area (Å²) in [5.41, 5.74) is 2.25. The zero-order valence-electron chi connectivity index (χ0n) is 7.88. The number of nitrogens with zero attached hydrogens (tertiary/aromatic N) is 3. The van der Waals surface area contributed by atoms with Gasteiger partial charge in [0.15, 0.2) is 5.82 Å². The van der Waals surface area contributed by atoms with E-state index in [0.29, 0.717) is 0 Å². The molecule has 0 fully saturated rings. The van der Waals surface area contributed by atoms with Gasteiger partial charge in [-0.15, -0.1) is 5.10 Å². The second-order valence-corrected chi connectivity index (χ2v) is 3.58. The lowest BCUT2D eigenvalue weighted by Gasteiger charge is -2.26. The third-order valence-electron chi connectivity index (χ3n) is 2.20. The van der Waals surface area contributed by atoms with Crippen molar-refractivity contribution in [1.82, 2.24) is 15.4 Å². The molecule has 1 aromatic heterocycles. The van der Waals surface area contributed by atoms with Crippen molar-refractivity contribution in [2.75, 3.05) is 18.0 Å². The van der Waals surface area contributed by atoms with Crippen LogP contribution in [0.15, 0.2) is 12.2 Å². The first-order valence-corrected chi connectivity index (χ1v) is 4.56. The summed E-state index contributed by atoms with van der Waals surface area (Å²) in [5.74, 6) is 1.01. The number of aromatic nitrogens is 3. The smallest absolute Gasteiger partial charge is 0.174 e.